The molecule has 0 aliphatic carbocycles. The van der Waals surface area contributed by atoms with E-state index in [0.717, 1.165) is 24.0 Å². The second kappa shape index (κ2) is 5.54. The summed E-state index contributed by atoms with van der Waals surface area (Å²) < 4.78 is 5.03. The molecule has 1 rings (SSSR count). The van der Waals surface area contributed by atoms with Gasteiger partial charge in [-0.25, -0.2) is 4.79 Å². The van der Waals surface area contributed by atoms with Crippen LogP contribution in [0.25, 0.3) is 0 Å². The number of rotatable bonds is 4. The van der Waals surface area contributed by atoms with Gasteiger partial charge in [0.1, 0.15) is 0 Å². The fourth-order valence-corrected chi connectivity index (χ4v) is 1.78. The molecule has 0 saturated carbocycles. The lowest BCUT2D eigenvalue weighted by Gasteiger charge is -2.11. The van der Waals surface area contributed by atoms with Crippen LogP contribution in [0, 0.1) is 0 Å². The minimum Gasteiger partial charge on any atom is -0.462 e. The van der Waals surface area contributed by atoms with Gasteiger partial charge in [-0.15, -0.1) is 0 Å². The van der Waals surface area contributed by atoms with Crippen molar-refractivity contribution in [1.82, 2.24) is 0 Å². The summed E-state index contributed by atoms with van der Waals surface area (Å²) in [5.74, 6) is -0.204. The van der Waals surface area contributed by atoms with E-state index < -0.39 is 0 Å². The lowest BCUT2D eigenvalue weighted by Crippen LogP contribution is -2.09. The minimum absolute atomic E-state index is 0.204. The lowest BCUT2D eigenvalue weighted by molar-refractivity contribution is 0.0525. The second-order valence-corrected chi connectivity index (χ2v) is 3.37. The molecule has 0 heterocycles. The molecular weight excluding hydrogens is 188 g/mol. The Morgan fingerprint density at radius 3 is 2.47 bits per heavy atom. The van der Waals surface area contributed by atoms with E-state index in [-0.39, 0.29) is 5.97 Å². The third-order valence-electron chi connectivity index (χ3n) is 2.50. The largest absolute Gasteiger partial charge is 0.462 e. The first-order valence-corrected chi connectivity index (χ1v) is 5.52. The summed E-state index contributed by atoms with van der Waals surface area (Å²) in [6, 6.07) is 5.84. The first-order chi connectivity index (χ1) is 7.24. The molecule has 0 unspecified atom stereocenters. The first kappa shape index (κ1) is 11.8. The number of hydrogen-bond donors (Lipinski definition) is 0. The number of ether oxygens (including phenoxy) is 1. The normalized spacial score (nSPS) is 10.1. The van der Waals surface area contributed by atoms with Gasteiger partial charge in [-0.3, -0.25) is 0 Å². The van der Waals surface area contributed by atoms with Gasteiger partial charge in [0, 0.05) is 0 Å². The Morgan fingerprint density at radius 2 is 1.93 bits per heavy atom. The van der Waals surface area contributed by atoms with E-state index in [4.69, 9.17) is 4.74 Å². The van der Waals surface area contributed by atoms with Crippen molar-refractivity contribution in [3.05, 3.63) is 34.9 Å². The van der Waals surface area contributed by atoms with Crippen molar-refractivity contribution in [3.8, 4) is 0 Å². The Kier molecular flexibility index (Phi) is 4.35. The summed E-state index contributed by atoms with van der Waals surface area (Å²) in [6.07, 6.45) is 1.83. The van der Waals surface area contributed by atoms with Crippen molar-refractivity contribution in [2.24, 2.45) is 0 Å². The van der Waals surface area contributed by atoms with Gasteiger partial charge in [-0.05, 0) is 37.0 Å². The van der Waals surface area contributed by atoms with Crippen molar-refractivity contribution >= 4 is 5.97 Å². The van der Waals surface area contributed by atoms with E-state index in [9.17, 15) is 4.79 Å². The average Bonchev–Trinajstić information content (AvgIpc) is 2.28. The summed E-state index contributed by atoms with van der Waals surface area (Å²) >= 11 is 0. The lowest BCUT2D eigenvalue weighted by atomic mass is 9.97. The Labute approximate surface area is 91.3 Å². The quantitative estimate of drug-likeness (QED) is 0.708. The Morgan fingerprint density at radius 1 is 1.20 bits per heavy atom. The number of carbonyl (C=O) groups excluding carboxylic acids is 1. The molecule has 0 N–H and O–H groups in total. The van der Waals surface area contributed by atoms with Gasteiger partial charge in [0.25, 0.3) is 0 Å². The molecule has 82 valence electrons. The van der Waals surface area contributed by atoms with Crippen LogP contribution in [-0.4, -0.2) is 12.6 Å². The van der Waals surface area contributed by atoms with Gasteiger partial charge < -0.3 is 4.74 Å². The molecule has 1 aromatic rings. The van der Waals surface area contributed by atoms with E-state index in [1.54, 1.807) is 0 Å². The highest BCUT2D eigenvalue weighted by Gasteiger charge is 2.13. The standard InChI is InChI=1S/C13H18O2/c1-4-10-8-7-9-12(11(10)5-2)13(14)15-6-3/h7-9H,4-6H2,1-3H3. The van der Waals surface area contributed by atoms with Crippen LogP contribution in [0.2, 0.25) is 0 Å². The van der Waals surface area contributed by atoms with E-state index in [2.05, 4.69) is 19.9 Å². The summed E-state index contributed by atoms with van der Waals surface area (Å²) in [4.78, 5) is 11.7. The zero-order valence-corrected chi connectivity index (χ0v) is 9.67. The van der Waals surface area contributed by atoms with Crippen molar-refractivity contribution < 1.29 is 9.53 Å². The van der Waals surface area contributed by atoms with Crippen molar-refractivity contribution in [1.29, 1.82) is 0 Å². The smallest absolute Gasteiger partial charge is 0.338 e. The van der Waals surface area contributed by atoms with Crippen LogP contribution < -0.4 is 0 Å². The zero-order valence-electron chi connectivity index (χ0n) is 9.67. The first-order valence-electron chi connectivity index (χ1n) is 5.52. The highest BCUT2D eigenvalue weighted by atomic mass is 16.5. The van der Waals surface area contributed by atoms with E-state index >= 15 is 0 Å². The predicted octanol–water partition coefficient (Wildman–Crippen LogP) is 2.99. The SMILES string of the molecule is CCOC(=O)c1cccc(CC)c1CC. The summed E-state index contributed by atoms with van der Waals surface area (Å²) in [7, 11) is 0. The highest BCUT2D eigenvalue weighted by Crippen LogP contribution is 2.17. The summed E-state index contributed by atoms with van der Waals surface area (Å²) in [5.41, 5.74) is 3.08. The van der Waals surface area contributed by atoms with Gasteiger partial charge >= 0.3 is 5.97 Å². The number of hydrogen-bond acceptors (Lipinski definition) is 2. The summed E-state index contributed by atoms with van der Waals surface area (Å²) in [5, 5.41) is 0. The van der Waals surface area contributed by atoms with Crippen molar-refractivity contribution in [2.45, 2.75) is 33.6 Å². The molecule has 2 nitrogen and oxygen atoms in total. The third kappa shape index (κ3) is 2.58. The van der Waals surface area contributed by atoms with Gasteiger partial charge in [0.05, 0.1) is 12.2 Å². The van der Waals surface area contributed by atoms with Crippen molar-refractivity contribution in [3.63, 3.8) is 0 Å². The molecule has 2 heteroatoms. The molecule has 0 atom stereocenters. The van der Waals surface area contributed by atoms with E-state index in [0.29, 0.717) is 6.61 Å². The number of esters is 1. The highest BCUT2D eigenvalue weighted by molar-refractivity contribution is 5.91. The van der Waals surface area contributed by atoms with Crippen LogP contribution in [0.1, 0.15) is 42.3 Å². The molecule has 0 aliphatic heterocycles. The fraction of sp³-hybridized carbons (Fsp3) is 0.462. The van der Waals surface area contributed by atoms with E-state index in [1.807, 2.05) is 19.1 Å². The third-order valence-corrected chi connectivity index (χ3v) is 2.50. The topological polar surface area (TPSA) is 26.3 Å². The molecular formula is C13H18O2. The maximum Gasteiger partial charge on any atom is 0.338 e. The Bertz CT molecular complexity index is 342. The van der Waals surface area contributed by atoms with Crippen LogP contribution in [0.4, 0.5) is 0 Å². The zero-order chi connectivity index (χ0) is 11.3. The Balaban J connectivity index is 3.11. The molecule has 0 radical (unpaired) electrons. The molecule has 0 bridgehead atoms. The van der Waals surface area contributed by atoms with Gasteiger partial charge in [-0.1, -0.05) is 26.0 Å². The minimum atomic E-state index is -0.204. The van der Waals surface area contributed by atoms with Crippen molar-refractivity contribution in [2.75, 3.05) is 6.61 Å². The molecule has 0 aliphatic rings. The average molecular weight is 206 g/mol. The maximum atomic E-state index is 11.7. The monoisotopic (exact) mass is 206 g/mol. The van der Waals surface area contributed by atoms with E-state index in [1.165, 1.54) is 5.56 Å². The number of aryl methyl sites for hydroxylation is 1. The molecule has 0 aromatic heterocycles. The van der Waals surface area contributed by atoms with Crippen LogP contribution in [-0.2, 0) is 17.6 Å². The number of carbonyl (C=O) groups is 1. The van der Waals surface area contributed by atoms with Gasteiger partial charge in [0.2, 0.25) is 0 Å². The van der Waals surface area contributed by atoms with Crippen LogP contribution in [0.5, 0.6) is 0 Å². The van der Waals surface area contributed by atoms with Gasteiger partial charge in [0.15, 0.2) is 0 Å². The van der Waals surface area contributed by atoms with Crippen LogP contribution >= 0.6 is 0 Å². The molecule has 15 heavy (non-hydrogen) atoms. The molecule has 1 aromatic carbocycles. The van der Waals surface area contributed by atoms with Crippen LogP contribution in [0.3, 0.4) is 0 Å². The fourth-order valence-electron chi connectivity index (χ4n) is 1.78. The second-order valence-electron chi connectivity index (χ2n) is 3.37. The predicted molar refractivity (Wildman–Crippen MR) is 61.2 cm³/mol. The van der Waals surface area contributed by atoms with Gasteiger partial charge in [-0.2, -0.15) is 0 Å². The summed E-state index contributed by atoms with van der Waals surface area (Å²) in [6.45, 7) is 6.42. The molecule has 0 amide bonds. The van der Waals surface area contributed by atoms with Crippen LogP contribution in [0.15, 0.2) is 18.2 Å². The molecule has 0 fully saturated rings. The molecule has 0 spiro atoms. The number of benzene rings is 1. The molecule has 0 saturated heterocycles. The maximum absolute atomic E-state index is 11.7. The Hall–Kier alpha value is -1.31.